The summed E-state index contributed by atoms with van der Waals surface area (Å²) in [6.07, 6.45) is 0. The van der Waals surface area contributed by atoms with Gasteiger partial charge in [-0.05, 0) is 41.8 Å². The van der Waals surface area contributed by atoms with E-state index in [0.717, 1.165) is 9.26 Å². The fourth-order valence-corrected chi connectivity index (χ4v) is 2.33. The molecule has 20 heavy (non-hydrogen) atoms. The van der Waals surface area contributed by atoms with Gasteiger partial charge in [0.15, 0.2) is 0 Å². The molecule has 1 amide bonds. The molecule has 1 N–H and O–H groups in total. The first kappa shape index (κ1) is 16.9. The first-order valence-electron chi connectivity index (χ1n) is 6.24. The lowest BCUT2D eigenvalue weighted by atomic mass is 10.2. The van der Waals surface area contributed by atoms with E-state index in [9.17, 15) is 9.59 Å². The van der Waals surface area contributed by atoms with Crippen molar-refractivity contribution in [1.29, 1.82) is 0 Å². The van der Waals surface area contributed by atoms with Crippen LogP contribution in [0.25, 0.3) is 0 Å². The van der Waals surface area contributed by atoms with Crippen LogP contribution in [0.2, 0.25) is 0 Å². The van der Waals surface area contributed by atoms with Gasteiger partial charge in [-0.3, -0.25) is 14.5 Å². The highest BCUT2D eigenvalue weighted by atomic mass is 127. The highest BCUT2D eigenvalue weighted by Crippen LogP contribution is 2.16. The lowest BCUT2D eigenvalue weighted by Gasteiger charge is -2.19. The first-order chi connectivity index (χ1) is 9.43. The summed E-state index contributed by atoms with van der Waals surface area (Å²) >= 11 is 2.17. The minimum absolute atomic E-state index is 0.103. The Hall–Kier alpha value is -1.15. The molecule has 5 nitrogen and oxygen atoms in total. The van der Waals surface area contributed by atoms with E-state index >= 15 is 0 Å². The number of carbonyl (C=O) groups is 2. The van der Waals surface area contributed by atoms with Crippen molar-refractivity contribution < 1.29 is 14.3 Å². The number of halogens is 1. The monoisotopic (exact) mass is 390 g/mol. The molecule has 1 rings (SSSR count). The number of benzene rings is 1. The number of hydrogen-bond donors (Lipinski definition) is 1. The molecule has 0 aliphatic rings. The van der Waals surface area contributed by atoms with Crippen molar-refractivity contribution in [2.24, 2.45) is 5.92 Å². The lowest BCUT2D eigenvalue weighted by molar-refractivity contribution is -0.145. The van der Waals surface area contributed by atoms with Gasteiger partial charge in [-0.25, -0.2) is 0 Å². The first-order valence-corrected chi connectivity index (χ1v) is 7.32. The summed E-state index contributed by atoms with van der Waals surface area (Å²) < 4.78 is 5.65. The summed E-state index contributed by atoms with van der Waals surface area (Å²) in [6.45, 7) is 2.48. The fraction of sp³-hybridized carbons (Fsp3) is 0.429. The van der Waals surface area contributed by atoms with E-state index in [1.165, 1.54) is 7.11 Å². The third-order valence-electron chi connectivity index (χ3n) is 2.75. The quantitative estimate of drug-likeness (QED) is 0.596. The van der Waals surface area contributed by atoms with Crippen LogP contribution in [0, 0.1) is 9.49 Å². The number of para-hydroxylation sites is 1. The molecule has 0 saturated carbocycles. The zero-order valence-corrected chi connectivity index (χ0v) is 14.0. The summed E-state index contributed by atoms with van der Waals surface area (Å²) in [5.74, 6) is -0.627. The number of likely N-dealkylation sites (N-methyl/N-ethyl adjacent to an activating group) is 1. The topological polar surface area (TPSA) is 58.6 Å². The van der Waals surface area contributed by atoms with Crippen molar-refractivity contribution in [3.8, 4) is 0 Å². The van der Waals surface area contributed by atoms with Crippen molar-refractivity contribution >= 4 is 40.2 Å². The number of carbonyl (C=O) groups excluding carboxylic acids is 2. The Labute approximate surface area is 132 Å². The van der Waals surface area contributed by atoms with Gasteiger partial charge in [0.1, 0.15) is 0 Å². The second-order valence-electron chi connectivity index (χ2n) is 4.65. The van der Waals surface area contributed by atoms with Crippen molar-refractivity contribution in [3.63, 3.8) is 0 Å². The van der Waals surface area contributed by atoms with Gasteiger partial charge in [-0.1, -0.05) is 19.1 Å². The molecule has 110 valence electrons. The highest BCUT2D eigenvalue weighted by molar-refractivity contribution is 14.1. The summed E-state index contributed by atoms with van der Waals surface area (Å²) in [7, 11) is 3.16. The Morgan fingerprint density at radius 1 is 1.40 bits per heavy atom. The lowest BCUT2D eigenvalue weighted by Crippen LogP contribution is -2.35. The molecule has 0 saturated heterocycles. The molecular formula is C14H19IN2O3. The second kappa shape index (κ2) is 8.21. The van der Waals surface area contributed by atoms with Crippen LogP contribution in [0.15, 0.2) is 24.3 Å². The van der Waals surface area contributed by atoms with E-state index in [-0.39, 0.29) is 24.3 Å². The van der Waals surface area contributed by atoms with Crippen LogP contribution in [0.1, 0.15) is 6.92 Å². The molecule has 0 aliphatic heterocycles. The van der Waals surface area contributed by atoms with Crippen molar-refractivity contribution in [2.45, 2.75) is 6.92 Å². The zero-order valence-electron chi connectivity index (χ0n) is 11.9. The van der Waals surface area contributed by atoms with E-state index in [1.54, 1.807) is 18.9 Å². The Morgan fingerprint density at radius 2 is 2.05 bits per heavy atom. The molecule has 0 bridgehead atoms. The molecule has 0 radical (unpaired) electrons. The van der Waals surface area contributed by atoms with Crippen LogP contribution in [0.5, 0.6) is 0 Å². The maximum atomic E-state index is 11.9. The predicted octanol–water partition coefficient (Wildman–Crippen LogP) is 1.97. The van der Waals surface area contributed by atoms with Gasteiger partial charge in [0.2, 0.25) is 5.91 Å². The van der Waals surface area contributed by atoms with Crippen molar-refractivity contribution in [1.82, 2.24) is 4.90 Å². The maximum absolute atomic E-state index is 11.9. The van der Waals surface area contributed by atoms with Crippen LogP contribution < -0.4 is 5.32 Å². The van der Waals surface area contributed by atoms with Gasteiger partial charge in [0, 0.05) is 10.1 Å². The van der Waals surface area contributed by atoms with Crippen LogP contribution in [-0.2, 0) is 14.3 Å². The van der Waals surface area contributed by atoms with E-state index in [4.69, 9.17) is 0 Å². The number of esters is 1. The van der Waals surface area contributed by atoms with E-state index < -0.39 is 0 Å². The number of nitrogens with one attached hydrogen (secondary N) is 1. The number of amides is 1. The third kappa shape index (κ3) is 5.46. The van der Waals surface area contributed by atoms with Crippen LogP contribution in [0.4, 0.5) is 5.69 Å². The van der Waals surface area contributed by atoms with Gasteiger partial charge >= 0.3 is 5.97 Å². The molecule has 0 aliphatic carbocycles. The fourth-order valence-electron chi connectivity index (χ4n) is 1.81. The molecule has 1 aromatic carbocycles. The van der Waals surface area contributed by atoms with Crippen molar-refractivity contribution in [3.05, 3.63) is 27.8 Å². The summed E-state index contributed by atoms with van der Waals surface area (Å²) in [6, 6.07) is 7.58. The number of methoxy groups -OCH3 is 1. The van der Waals surface area contributed by atoms with Gasteiger partial charge in [-0.15, -0.1) is 0 Å². The van der Waals surface area contributed by atoms with Gasteiger partial charge in [0.05, 0.1) is 25.3 Å². The summed E-state index contributed by atoms with van der Waals surface area (Å²) in [5, 5.41) is 2.85. The molecule has 6 heteroatoms. The zero-order chi connectivity index (χ0) is 15.1. The largest absolute Gasteiger partial charge is 0.469 e. The number of hydrogen-bond acceptors (Lipinski definition) is 4. The molecule has 1 aromatic rings. The maximum Gasteiger partial charge on any atom is 0.309 e. The van der Waals surface area contributed by atoms with Gasteiger partial charge in [-0.2, -0.15) is 0 Å². The second-order valence-corrected chi connectivity index (χ2v) is 5.81. The average molecular weight is 390 g/mol. The molecule has 1 atom stereocenters. The Morgan fingerprint density at radius 3 is 2.65 bits per heavy atom. The molecule has 0 heterocycles. The summed E-state index contributed by atoms with van der Waals surface area (Å²) in [5.41, 5.74) is 0.799. The molecular weight excluding hydrogens is 371 g/mol. The SMILES string of the molecule is COC(=O)C(C)CN(C)CC(=O)Nc1ccccc1I. The molecule has 0 spiro atoms. The van der Waals surface area contributed by atoms with Gasteiger partial charge in [0.25, 0.3) is 0 Å². The molecule has 0 aromatic heterocycles. The van der Waals surface area contributed by atoms with E-state index in [2.05, 4.69) is 32.6 Å². The van der Waals surface area contributed by atoms with Gasteiger partial charge < -0.3 is 10.1 Å². The Kier molecular flexibility index (Phi) is 6.94. The van der Waals surface area contributed by atoms with E-state index in [1.807, 2.05) is 24.3 Å². The van der Waals surface area contributed by atoms with Crippen LogP contribution >= 0.6 is 22.6 Å². The minimum atomic E-state index is -0.269. The highest BCUT2D eigenvalue weighted by Gasteiger charge is 2.17. The summed E-state index contributed by atoms with van der Waals surface area (Å²) in [4.78, 5) is 25.0. The molecule has 0 fully saturated rings. The third-order valence-corrected chi connectivity index (χ3v) is 3.69. The van der Waals surface area contributed by atoms with E-state index in [0.29, 0.717) is 6.54 Å². The minimum Gasteiger partial charge on any atom is -0.469 e. The Balaban J connectivity index is 2.46. The normalized spacial score (nSPS) is 12.1. The van der Waals surface area contributed by atoms with Crippen molar-refractivity contribution in [2.75, 3.05) is 32.6 Å². The van der Waals surface area contributed by atoms with Crippen LogP contribution in [-0.4, -0.2) is 44.0 Å². The number of anilines is 1. The number of nitrogens with zero attached hydrogens (tertiary/aromatic N) is 1. The number of ether oxygens (including phenoxy) is 1. The smallest absolute Gasteiger partial charge is 0.309 e. The molecule has 1 unspecified atom stereocenters. The Bertz CT molecular complexity index is 479. The average Bonchev–Trinajstić information content (AvgIpc) is 2.40. The standard InChI is InChI=1S/C14H19IN2O3/c1-10(14(19)20-3)8-17(2)9-13(18)16-12-7-5-4-6-11(12)15/h4-7,10H,8-9H2,1-3H3,(H,16,18). The van der Waals surface area contributed by atoms with Crippen LogP contribution in [0.3, 0.4) is 0 Å². The number of rotatable bonds is 6. The predicted molar refractivity (Wildman–Crippen MR) is 86.5 cm³/mol.